The lowest BCUT2D eigenvalue weighted by Gasteiger charge is -2.39. The lowest BCUT2D eigenvalue weighted by molar-refractivity contribution is -0.125. The lowest BCUT2D eigenvalue weighted by atomic mass is 10.00. The molecular weight excluding hydrogens is 560 g/mol. The summed E-state index contributed by atoms with van der Waals surface area (Å²) in [7, 11) is 1.53. The van der Waals surface area contributed by atoms with E-state index in [1.165, 1.54) is 7.11 Å². The Hall–Kier alpha value is -5.12. The molecule has 1 saturated heterocycles. The fourth-order valence-electron chi connectivity index (χ4n) is 5.57. The van der Waals surface area contributed by atoms with Crippen LogP contribution in [0.3, 0.4) is 0 Å². The standard InChI is InChI=1S/C34H34N4O6/c1-42-31-17-22-6-12-30(31)43-21-33(40)37-28-20-38(34(41)25-8-11-27-24(18-25)3-2-15-35-27)16-14-29(28)44-26-9-4-23(5-10-26)19-36-32(39)13-7-22/h2-6,8-12,15,17-18,28-29H,7,13-14,16,19-21H2,1H3,(H,36,39)(H,37,40)/t28-,29-/m1/s1. The van der Waals surface area contributed by atoms with Gasteiger partial charge in [-0.05, 0) is 66.1 Å². The number of nitrogens with one attached hydrogen (secondary N) is 2. The molecule has 1 fully saturated rings. The molecule has 5 aliphatic heterocycles. The van der Waals surface area contributed by atoms with Crippen molar-refractivity contribution in [3.63, 3.8) is 0 Å². The molecule has 4 bridgehead atoms. The van der Waals surface area contributed by atoms with Gasteiger partial charge in [-0.1, -0.05) is 24.3 Å². The normalized spacial score (nSPS) is 19.2. The number of aryl methyl sites for hydroxylation is 1. The Morgan fingerprint density at radius 3 is 2.66 bits per heavy atom. The van der Waals surface area contributed by atoms with Gasteiger partial charge >= 0.3 is 0 Å². The smallest absolute Gasteiger partial charge is 0.258 e. The number of methoxy groups -OCH3 is 1. The Morgan fingerprint density at radius 1 is 0.977 bits per heavy atom. The van der Waals surface area contributed by atoms with E-state index in [9.17, 15) is 14.4 Å². The molecule has 0 spiro atoms. The zero-order valence-electron chi connectivity index (χ0n) is 24.5. The van der Waals surface area contributed by atoms with Gasteiger partial charge < -0.3 is 29.7 Å². The number of hydrogen-bond donors (Lipinski definition) is 2. The third kappa shape index (κ3) is 6.75. The number of ether oxygens (including phenoxy) is 3. The molecule has 2 atom stereocenters. The van der Waals surface area contributed by atoms with E-state index in [1.54, 1.807) is 23.2 Å². The van der Waals surface area contributed by atoms with Crippen molar-refractivity contribution in [2.45, 2.75) is 38.0 Å². The van der Waals surface area contributed by atoms with Gasteiger partial charge in [0.2, 0.25) is 5.91 Å². The Bertz CT molecular complexity index is 1670. The Labute approximate surface area is 255 Å². The van der Waals surface area contributed by atoms with Crippen molar-refractivity contribution in [2.75, 3.05) is 26.8 Å². The maximum absolute atomic E-state index is 13.6. The first-order valence-corrected chi connectivity index (χ1v) is 14.7. The zero-order chi connectivity index (χ0) is 30.5. The Morgan fingerprint density at radius 2 is 1.82 bits per heavy atom. The number of fused-ring (bicyclic) bond motifs is 1. The molecule has 0 aliphatic carbocycles. The predicted molar refractivity (Wildman–Crippen MR) is 164 cm³/mol. The van der Waals surface area contributed by atoms with Gasteiger partial charge in [0.15, 0.2) is 18.1 Å². The van der Waals surface area contributed by atoms with Gasteiger partial charge in [-0.15, -0.1) is 0 Å². The number of rotatable bonds is 2. The highest BCUT2D eigenvalue weighted by molar-refractivity contribution is 5.98. The van der Waals surface area contributed by atoms with Crippen LogP contribution in [0.4, 0.5) is 0 Å². The number of nitrogens with zero attached hydrogens (tertiary/aromatic N) is 2. The van der Waals surface area contributed by atoms with Crippen LogP contribution in [0.1, 0.15) is 34.3 Å². The number of likely N-dealkylation sites (tertiary alicyclic amines) is 1. The summed E-state index contributed by atoms with van der Waals surface area (Å²) < 4.78 is 17.7. The number of aromatic nitrogens is 1. The maximum atomic E-state index is 13.6. The van der Waals surface area contributed by atoms with E-state index in [0.29, 0.717) is 55.2 Å². The number of carbonyl (C=O) groups excluding carboxylic acids is 3. The molecule has 0 radical (unpaired) electrons. The van der Waals surface area contributed by atoms with Crippen LogP contribution in [0.25, 0.3) is 10.9 Å². The van der Waals surface area contributed by atoms with Crippen LogP contribution < -0.4 is 24.8 Å². The summed E-state index contributed by atoms with van der Waals surface area (Å²) in [5.41, 5.74) is 3.24. The molecule has 5 aliphatic rings. The molecule has 3 amide bonds. The molecule has 10 nitrogen and oxygen atoms in total. The molecule has 44 heavy (non-hydrogen) atoms. The van der Waals surface area contributed by atoms with E-state index < -0.39 is 6.04 Å². The topological polar surface area (TPSA) is 119 Å². The summed E-state index contributed by atoms with van der Waals surface area (Å²) >= 11 is 0. The highest BCUT2D eigenvalue weighted by Crippen LogP contribution is 2.29. The van der Waals surface area contributed by atoms with Crippen molar-refractivity contribution in [2.24, 2.45) is 0 Å². The molecule has 4 aromatic rings. The third-order valence-electron chi connectivity index (χ3n) is 7.96. The van der Waals surface area contributed by atoms with Crippen LogP contribution in [-0.4, -0.2) is 66.6 Å². The molecule has 6 heterocycles. The fourth-order valence-corrected chi connectivity index (χ4v) is 5.57. The van der Waals surface area contributed by atoms with Crippen LogP contribution in [0.15, 0.2) is 79.0 Å². The van der Waals surface area contributed by atoms with Crippen molar-refractivity contribution in [3.05, 3.63) is 95.7 Å². The summed E-state index contributed by atoms with van der Waals surface area (Å²) in [6.07, 6.45) is 2.71. The van der Waals surface area contributed by atoms with Gasteiger partial charge in [-0.2, -0.15) is 0 Å². The first-order chi connectivity index (χ1) is 21.4. The molecule has 1 aromatic heterocycles. The maximum Gasteiger partial charge on any atom is 0.258 e. The van der Waals surface area contributed by atoms with E-state index in [-0.39, 0.29) is 37.0 Å². The molecule has 0 saturated carbocycles. The Balaban J connectivity index is 1.23. The highest BCUT2D eigenvalue weighted by atomic mass is 16.5. The molecule has 2 N–H and O–H groups in total. The van der Waals surface area contributed by atoms with Crippen LogP contribution in [-0.2, 0) is 22.6 Å². The largest absolute Gasteiger partial charge is 0.493 e. The summed E-state index contributed by atoms with van der Waals surface area (Å²) in [5, 5.41) is 6.90. The van der Waals surface area contributed by atoms with Crippen molar-refractivity contribution >= 4 is 28.6 Å². The van der Waals surface area contributed by atoms with E-state index in [4.69, 9.17) is 14.2 Å². The van der Waals surface area contributed by atoms with Crippen LogP contribution in [0.5, 0.6) is 17.2 Å². The summed E-state index contributed by atoms with van der Waals surface area (Å²) in [6, 6.07) is 21.7. The van der Waals surface area contributed by atoms with Gasteiger partial charge in [-0.25, -0.2) is 0 Å². The van der Waals surface area contributed by atoms with E-state index in [0.717, 1.165) is 22.0 Å². The Kier molecular flexibility index (Phi) is 8.58. The van der Waals surface area contributed by atoms with Gasteiger partial charge in [0.1, 0.15) is 11.9 Å². The van der Waals surface area contributed by atoms with Gasteiger partial charge in [0.05, 0.1) is 18.7 Å². The highest BCUT2D eigenvalue weighted by Gasteiger charge is 2.34. The number of carbonyl (C=O) groups is 3. The second-order valence-corrected chi connectivity index (χ2v) is 11.0. The fraction of sp³-hybridized carbons (Fsp3) is 0.294. The quantitative estimate of drug-likeness (QED) is 0.364. The molecular formula is C34H34N4O6. The van der Waals surface area contributed by atoms with E-state index in [1.807, 2.05) is 60.7 Å². The second kappa shape index (κ2) is 13.0. The minimum atomic E-state index is -0.486. The number of amides is 3. The van der Waals surface area contributed by atoms with Crippen LogP contribution in [0.2, 0.25) is 0 Å². The molecule has 3 aromatic carbocycles. The van der Waals surface area contributed by atoms with Crippen LogP contribution >= 0.6 is 0 Å². The first-order valence-electron chi connectivity index (χ1n) is 14.7. The molecule has 0 unspecified atom stereocenters. The average molecular weight is 595 g/mol. The minimum absolute atomic E-state index is 0.0554. The molecule has 226 valence electrons. The molecule has 9 rings (SSSR count). The van der Waals surface area contributed by atoms with Gasteiger partial charge in [0.25, 0.3) is 11.8 Å². The summed E-state index contributed by atoms with van der Waals surface area (Å²) in [6.45, 7) is 0.883. The van der Waals surface area contributed by atoms with Crippen molar-refractivity contribution in [3.8, 4) is 17.2 Å². The van der Waals surface area contributed by atoms with Crippen molar-refractivity contribution in [1.82, 2.24) is 20.5 Å². The first kappa shape index (κ1) is 29.0. The second-order valence-electron chi connectivity index (χ2n) is 11.0. The van der Waals surface area contributed by atoms with Crippen molar-refractivity contribution in [1.29, 1.82) is 0 Å². The number of benzene rings is 3. The van der Waals surface area contributed by atoms with E-state index in [2.05, 4.69) is 15.6 Å². The number of hydrogen-bond acceptors (Lipinski definition) is 7. The van der Waals surface area contributed by atoms with Crippen molar-refractivity contribution < 1.29 is 28.6 Å². The summed E-state index contributed by atoms with van der Waals surface area (Å²) in [5.74, 6) is 1.01. The summed E-state index contributed by atoms with van der Waals surface area (Å²) in [4.78, 5) is 45.3. The number of piperidine rings is 1. The lowest BCUT2D eigenvalue weighted by Crippen LogP contribution is -2.58. The minimum Gasteiger partial charge on any atom is -0.493 e. The third-order valence-corrected chi connectivity index (χ3v) is 7.96. The monoisotopic (exact) mass is 594 g/mol. The van der Waals surface area contributed by atoms with E-state index >= 15 is 0 Å². The SMILES string of the molecule is COc1cc2ccc1OCC(=O)N[C@@H]1CN(C(=O)c3ccc4ncccc4c3)CC[C@H]1Oc1ccc(cc1)CNC(=O)CC2. The van der Waals surface area contributed by atoms with Gasteiger partial charge in [-0.3, -0.25) is 19.4 Å². The average Bonchev–Trinajstić information content (AvgIpc) is 3.06. The zero-order valence-corrected chi connectivity index (χ0v) is 24.5. The van der Waals surface area contributed by atoms with Gasteiger partial charge in [0, 0.05) is 49.6 Å². The predicted octanol–water partition coefficient (Wildman–Crippen LogP) is 3.66. The number of pyridine rings is 1. The molecule has 10 heteroatoms. The van der Waals surface area contributed by atoms with Crippen LogP contribution in [0, 0.1) is 0 Å².